The third-order valence-corrected chi connectivity index (χ3v) is 2.55. The van der Waals surface area contributed by atoms with Crippen LogP contribution in [0.1, 0.15) is 11.1 Å². The van der Waals surface area contributed by atoms with Crippen molar-refractivity contribution in [2.45, 2.75) is 6.92 Å². The van der Waals surface area contributed by atoms with Crippen LogP contribution in [0.3, 0.4) is 0 Å². The van der Waals surface area contributed by atoms with Crippen LogP contribution in [0, 0.1) is 6.92 Å². The number of para-hydroxylation sites is 1. The van der Waals surface area contributed by atoms with E-state index < -0.39 is 0 Å². The minimum Gasteiger partial charge on any atom is -0.278 e. The Morgan fingerprint density at radius 3 is 2.53 bits per heavy atom. The number of hydrogen-bond acceptors (Lipinski definition) is 2. The van der Waals surface area contributed by atoms with Crippen LogP contribution in [-0.4, -0.2) is 6.21 Å². The second-order valence-electron chi connectivity index (χ2n) is 3.98. The largest absolute Gasteiger partial charge is 0.278 e. The van der Waals surface area contributed by atoms with Gasteiger partial charge in [-0.1, -0.05) is 18.2 Å². The van der Waals surface area contributed by atoms with E-state index in [-0.39, 0.29) is 0 Å². The van der Waals surface area contributed by atoms with Gasteiger partial charge in [-0.05, 0) is 18.6 Å². The molecule has 2 aromatic rings. The van der Waals surface area contributed by atoms with Crippen molar-refractivity contribution in [2.24, 2.45) is 12.1 Å². The number of nitrogens with zero attached hydrogens (tertiary/aromatic N) is 2. The predicted molar refractivity (Wildman–Crippen MR) is 70.0 cm³/mol. The third kappa shape index (κ3) is 3.14. The smallest absolute Gasteiger partial charge is 0.169 e. The molecule has 0 saturated carbocycles. The van der Waals surface area contributed by atoms with Crippen LogP contribution < -0.4 is 9.99 Å². The van der Waals surface area contributed by atoms with Crippen LogP contribution in [0.4, 0.5) is 5.69 Å². The van der Waals surface area contributed by atoms with Crippen molar-refractivity contribution in [2.75, 3.05) is 5.43 Å². The Balaban J connectivity index is 2.03. The second kappa shape index (κ2) is 5.25. The molecule has 0 spiro atoms. The summed E-state index contributed by atoms with van der Waals surface area (Å²) in [5.41, 5.74) is 6.33. The summed E-state index contributed by atoms with van der Waals surface area (Å²) >= 11 is 0. The van der Waals surface area contributed by atoms with Gasteiger partial charge in [0.25, 0.3) is 0 Å². The van der Waals surface area contributed by atoms with E-state index in [1.165, 1.54) is 5.56 Å². The van der Waals surface area contributed by atoms with Gasteiger partial charge in [0.2, 0.25) is 0 Å². The van der Waals surface area contributed by atoms with E-state index in [1.54, 1.807) is 0 Å². The maximum atomic E-state index is 4.22. The molecule has 0 bridgehead atoms. The number of hydrazone groups is 1. The molecule has 0 aliphatic heterocycles. The Kier molecular flexibility index (Phi) is 3.50. The molecule has 1 N–H and O–H groups in total. The van der Waals surface area contributed by atoms with Gasteiger partial charge in [0, 0.05) is 17.7 Å². The summed E-state index contributed by atoms with van der Waals surface area (Å²) in [6.45, 7) is 2.06. The molecule has 17 heavy (non-hydrogen) atoms. The molecule has 1 aromatic heterocycles. The van der Waals surface area contributed by atoms with E-state index in [2.05, 4.69) is 23.5 Å². The lowest BCUT2D eigenvalue weighted by molar-refractivity contribution is -0.671. The maximum Gasteiger partial charge on any atom is 0.169 e. The van der Waals surface area contributed by atoms with Gasteiger partial charge in [-0.3, -0.25) is 5.43 Å². The molecule has 0 amide bonds. The SMILES string of the molecule is Cc1ccccc1N/N=C/c1cc[n+](C)cc1. The van der Waals surface area contributed by atoms with E-state index >= 15 is 0 Å². The Morgan fingerprint density at radius 1 is 1.12 bits per heavy atom. The summed E-state index contributed by atoms with van der Waals surface area (Å²) < 4.78 is 1.99. The molecular formula is C14H16N3+. The van der Waals surface area contributed by atoms with Crippen molar-refractivity contribution in [3.05, 3.63) is 59.9 Å². The van der Waals surface area contributed by atoms with Gasteiger partial charge in [-0.15, -0.1) is 0 Å². The molecule has 0 saturated heterocycles. The number of benzene rings is 1. The maximum absolute atomic E-state index is 4.22. The molecule has 1 heterocycles. The number of aromatic nitrogens is 1. The summed E-state index contributed by atoms with van der Waals surface area (Å²) in [6.07, 6.45) is 5.80. The van der Waals surface area contributed by atoms with Gasteiger partial charge in [0.05, 0.1) is 11.9 Å². The summed E-state index contributed by atoms with van der Waals surface area (Å²) in [7, 11) is 1.99. The monoisotopic (exact) mass is 226 g/mol. The predicted octanol–water partition coefficient (Wildman–Crippen LogP) is 2.27. The normalized spacial score (nSPS) is 10.7. The van der Waals surface area contributed by atoms with E-state index in [1.807, 2.05) is 60.6 Å². The lowest BCUT2D eigenvalue weighted by Crippen LogP contribution is -2.25. The molecule has 0 radical (unpaired) electrons. The molecule has 0 atom stereocenters. The molecule has 3 heteroatoms. The first-order valence-corrected chi connectivity index (χ1v) is 5.56. The first-order valence-electron chi connectivity index (χ1n) is 5.56. The number of aryl methyl sites for hydroxylation is 2. The first-order chi connectivity index (χ1) is 8.25. The van der Waals surface area contributed by atoms with Gasteiger partial charge < -0.3 is 0 Å². The molecule has 0 aliphatic rings. The lowest BCUT2D eigenvalue weighted by Gasteiger charge is -2.02. The van der Waals surface area contributed by atoms with Gasteiger partial charge in [-0.2, -0.15) is 5.10 Å². The van der Waals surface area contributed by atoms with E-state index in [4.69, 9.17) is 0 Å². The Labute approximate surface area is 101 Å². The van der Waals surface area contributed by atoms with Crippen molar-refractivity contribution in [3.8, 4) is 0 Å². The average molecular weight is 226 g/mol. The molecule has 0 aliphatic carbocycles. The van der Waals surface area contributed by atoms with Crippen molar-refractivity contribution in [3.63, 3.8) is 0 Å². The zero-order chi connectivity index (χ0) is 12.1. The molecule has 0 fully saturated rings. The standard InChI is InChI=1S/C14H15N3/c1-12-5-3-4-6-14(12)16-15-11-13-7-9-17(2)10-8-13/h3-11H,1-2H3/p+1. The summed E-state index contributed by atoms with van der Waals surface area (Å²) in [4.78, 5) is 0. The van der Waals surface area contributed by atoms with Crippen LogP contribution in [0.5, 0.6) is 0 Å². The molecule has 0 unspecified atom stereocenters. The highest BCUT2D eigenvalue weighted by molar-refractivity contribution is 5.79. The number of rotatable bonds is 3. The Hall–Kier alpha value is -2.16. The van der Waals surface area contributed by atoms with Crippen LogP contribution in [0.25, 0.3) is 0 Å². The highest BCUT2D eigenvalue weighted by Gasteiger charge is 1.94. The highest BCUT2D eigenvalue weighted by Crippen LogP contribution is 2.12. The Morgan fingerprint density at radius 2 is 1.82 bits per heavy atom. The highest BCUT2D eigenvalue weighted by atomic mass is 15.3. The van der Waals surface area contributed by atoms with Gasteiger partial charge in [0.15, 0.2) is 12.4 Å². The van der Waals surface area contributed by atoms with Crippen LogP contribution >= 0.6 is 0 Å². The van der Waals surface area contributed by atoms with Gasteiger partial charge >= 0.3 is 0 Å². The zero-order valence-electron chi connectivity index (χ0n) is 10.1. The van der Waals surface area contributed by atoms with E-state index in [0.29, 0.717) is 0 Å². The topological polar surface area (TPSA) is 28.3 Å². The first kappa shape index (κ1) is 11.3. The minimum atomic E-state index is 1.03. The van der Waals surface area contributed by atoms with Crippen molar-refractivity contribution >= 4 is 11.9 Å². The molecule has 3 nitrogen and oxygen atoms in total. The van der Waals surface area contributed by atoms with Crippen LogP contribution in [0.15, 0.2) is 53.9 Å². The van der Waals surface area contributed by atoms with E-state index in [0.717, 1.165) is 11.3 Å². The third-order valence-electron chi connectivity index (χ3n) is 2.55. The average Bonchev–Trinajstić information content (AvgIpc) is 2.34. The summed E-state index contributed by atoms with van der Waals surface area (Å²) in [6, 6.07) is 12.1. The fourth-order valence-corrected chi connectivity index (χ4v) is 1.47. The summed E-state index contributed by atoms with van der Waals surface area (Å²) in [5.74, 6) is 0. The molecule has 2 rings (SSSR count). The van der Waals surface area contributed by atoms with Crippen LogP contribution in [0.2, 0.25) is 0 Å². The fraction of sp³-hybridized carbons (Fsp3) is 0.143. The van der Waals surface area contributed by atoms with Crippen LogP contribution in [-0.2, 0) is 7.05 Å². The molecule has 86 valence electrons. The Bertz CT molecular complexity index is 515. The van der Waals surface area contributed by atoms with E-state index in [9.17, 15) is 0 Å². The number of hydrogen-bond donors (Lipinski definition) is 1. The minimum absolute atomic E-state index is 1.03. The number of nitrogens with one attached hydrogen (secondary N) is 1. The number of pyridine rings is 1. The second-order valence-corrected chi connectivity index (χ2v) is 3.98. The summed E-state index contributed by atoms with van der Waals surface area (Å²) in [5, 5.41) is 4.22. The fourth-order valence-electron chi connectivity index (χ4n) is 1.47. The lowest BCUT2D eigenvalue weighted by atomic mass is 10.2. The van der Waals surface area contributed by atoms with Gasteiger partial charge in [-0.25, -0.2) is 4.57 Å². The number of anilines is 1. The quantitative estimate of drug-likeness (QED) is 0.485. The molecule has 1 aromatic carbocycles. The van der Waals surface area contributed by atoms with Crippen molar-refractivity contribution in [1.29, 1.82) is 0 Å². The van der Waals surface area contributed by atoms with Crippen molar-refractivity contribution in [1.82, 2.24) is 0 Å². The van der Waals surface area contributed by atoms with Gasteiger partial charge in [0.1, 0.15) is 7.05 Å². The zero-order valence-corrected chi connectivity index (χ0v) is 10.1. The molecular weight excluding hydrogens is 210 g/mol. The van der Waals surface area contributed by atoms with Crippen molar-refractivity contribution < 1.29 is 4.57 Å².